The summed E-state index contributed by atoms with van der Waals surface area (Å²) in [5.41, 5.74) is 7.01. The highest BCUT2D eigenvalue weighted by atomic mass is 16.5. The van der Waals surface area contributed by atoms with Crippen molar-refractivity contribution in [2.24, 2.45) is 0 Å². The van der Waals surface area contributed by atoms with Gasteiger partial charge in [-0.05, 0) is 79.3 Å². The van der Waals surface area contributed by atoms with Gasteiger partial charge >= 0.3 is 0 Å². The molecule has 1 aliphatic heterocycles. The summed E-state index contributed by atoms with van der Waals surface area (Å²) in [4.78, 5) is 16.7. The lowest BCUT2D eigenvalue weighted by atomic mass is 9.99. The monoisotopic (exact) mass is 458 g/mol. The summed E-state index contributed by atoms with van der Waals surface area (Å²) in [7, 11) is 0. The van der Waals surface area contributed by atoms with E-state index in [1.165, 1.54) is 22.3 Å². The van der Waals surface area contributed by atoms with Crippen molar-refractivity contribution in [2.75, 3.05) is 37.7 Å². The van der Waals surface area contributed by atoms with Crippen molar-refractivity contribution in [3.63, 3.8) is 0 Å². The molecule has 0 radical (unpaired) electrons. The van der Waals surface area contributed by atoms with E-state index >= 15 is 0 Å². The van der Waals surface area contributed by atoms with Gasteiger partial charge in [-0.2, -0.15) is 0 Å². The van der Waals surface area contributed by atoms with E-state index < -0.39 is 0 Å². The summed E-state index contributed by atoms with van der Waals surface area (Å²) in [6.07, 6.45) is 0. The summed E-state index contributed by atoms with van der Waals surface area (Å²) in [5, 5.41) is 8.98. The molecule has 6 heteroatoms. The zero-order valence-corrected chi connectivity index (χ0v) is 20.8. The van der Waals surface area contributed by atoms with Gasteiger partial charge in [-0.1, -0.05) is 32.0 Å². The average Bonchev–Trinajstić information content (AvgIpc) is 2.85. The minimum atomic E-state index is 0.0132. The molecule has 1 saturated heterocycles. The van der Waals surface area contributed by atoms with E-state index in [1.54, 1.807) is 0 Å². The molecule has 0 spiro atoms. The molecular formula is C28H34N4O2. The number of carbonyl (C=O) groups is 1. The Kier molecular flexibility index (Phi) is 7.15. The number of rotatable bonds is 6. The number of aryl methyl sites for hydroxylation is 3. The molecule has 1 aromatic heterocycles. The van der Waals surface area contributed by atoms with Gasteiger partial charge in [0, 0.05) is 31.7 Å². The van der Waals surface area contributed by atoms with Crippen molar-refractivity contribution >= 4 is 11.7 Å². The highest BCUT2D eigenvalue weighted by Crippen LogP contribution is 2.26. The van der Waals surface area contributed by atoms with Crippen molar-refractivity contribution in [3.8, 4) is 17.0 Å². The van der Waals surface area contributed by atoms with Gasteiger partial charge in [0.05, 0.1) is 5.69 Å². The maximum atomic E-state index is 12.6. The minimum Gasteiger partial charge on any atom is -0.484 e. The van der Waals surface area contributed by atoms with Gasteiger partial charge in [0.1, 0.15) is 5.75 Å². The van der Waals surface area contributed by atoms with Crippen LogP contribution in [0.25, 0.3) is 11.3 Å². The molecule has 178 valence electrons. The number of nitrogens with zero attached hydrogens (tertiary/aromatic N) is 4. The van der Waals surface area contributed by atoms with E-state index in [0.29, 0.717) is 19.0 Å². The van der Waals surface area contributed by atoms with Gasteiger partial charge in [0.15, 0.2) is 12.4 Å². The number of benzene rings is 2. The molecule has 3 aromatic rings. The predicted octanol–water partition coefficient (Wildman–Crippen LogP) is 4.92. The fourth-order valence-corrected chi connectivity index (χ4v) is 4.24. The Labute approximate surface area is 202 Å². The molecule has 4 rings (SSSR count). The number of amides is 1. The number of carbonyl (C=O) groups excluding carboxylic acids is 1. The summed E-state index contributed by atoms with van der Waals surface area (Å²) >= 11 is 0. The SMILES string of the molecule is Cc1cc(C)c(-c2ccc(N3CCN(C(=O)COc4ccc(C(C)C)cc4)CC3)nn2)cc1C. The Hall–Kier alpha value is -3.41. The predicted molar refractivity (Wildman–Crippen MR) is 136 cm³/mol. The first kappa shape index (κ1) is 23.7. The Morgan fingerprint density at radius 3 is 2.18 bits per heavy atom. The van der Waals surface area contributed by atoms with Crippen LogP contribution in [-0.2, 0) is 4.79 Å². The van der Waals surface area contributed by atoms with Gasteiger partial charge in [-0.25, -0.2) is 0 Å². The van der Waals surface area contributed by atoms with Crippen molar-refractivity contribution in [2.45, 2.75) is 40.5 Å². The maximum absolute atomic E-state index is 12.6. The average molecular weight is 459 g/mol. The molecule has 2 heterocycles. The van der Waals surface area contributed by atoms with E-state index in [2.05, 4.69) is 74.0 Å². The highest BCUT2D eigenvalue weighted by molar-refractivity contribution is 5.78. The van der Waals surface area contributed by atoms with Crippen LogP contribution < -0.4 is 9.64 Å². The molecule has 6 nitrogen and oxygen atoms in total. The molecule has 1 aliphatic rings. The molecule has 34 heavy (non-hydrogen) atoms. The lowest BCUT2D eigenvalue weighted by molar-refractivity contribution is -0.133. The topological polar surface area (TPSA) is 58.6 Å². The maximum Gasteiger partial charge on any atom is 0.260 e. The van der Waals surface area contributed by atoms with Gasteiger partial charge in [0.2, 0.25) is 0 Å². The number of hydrogen-bond acceptors (Lipinski definition) is 5. The van der Waals surface area contributed by atoms with Crippen LogP contribution in [0, 0.1) is 20.8 Å². The molecular weight excluding hydrogens is 424 g/mol. The summed E-state index contributed by atoms with van der Waals surface area (Å²) in [6, 6.07) is 16.4. The highest BCUT2D eigenvalue weighted by Gasteiger charge is 2.22. The summed E-state index contributed by atoms with van der Waals surface area (Å²) in [5.74, 6) is 2.06. The van der Waals surface area contributed by atoms with Gasteiger partial charge in [0.25, 0.3) is 5.91 Å². The number of anilines is 1. The quantitative estimate of drug-likeness (QED) is 0.525. The fraction of sp³-hybridized carbons (Fsp3) is 0.393. The summed E-state index contributed by atoms with van der Waals surface area (Å²) in [6.45, 7) is 13.5. The molecule has 1 amide bonds. The van der Waals surface area contributed by atoms with E-state index in [0.717, 1.165) is 35.9 Å². The number of aromatic nitrogens is 2. The van der Waals surface area contributed by atoms with Crippen LogP contribution in [-0.4, -0.2) is 53.8 Å². The Balaban J connectivity index is 1.30. The van der Waals surface area contributed by atoms with Gasteiger partial charge < -0.3 is 14.5 Å². The Bertz CT molecular complexity index is 1130. The van der Waals surface area contributed by atoms with Gasteiger partial charge in [-0.15, -0.1) is 10.2 Å². The normalized spacial score (nSPS) is 13.9. The van der Waals surface area contributed by atoms with Crippen molar-refractivity contribution in [3.05, 3.63) is 70.8 Å². The third-order valence-corrected chi connectivity index (χ3v) is 6.63. The molecule has 0 bridgehead atoms. The van der Waals surface area contributed by atoms with Crippen LogP contribution in [0.2, 0.25) is 0 Å². The zero-order valence-electron chi connectivity index (χ0n) is 20.8. The molecule has 2 aromatic carbocycles. The van der Waals surface area contributed by atoms with Crippen LogP contribution >= 0.6 is 0 Å². The molecule has 0 saturated carbocycles. The fourth-order valence-electron chi connectivity index (χ4n) is 4.24. The van der Waals surface area contributed by atoms with Crippen molar-refractivity contribution in [1.29, 1.82) is 0 Å². The lowest BCUT2D eigenvalue weighted by Crippen LogP contribution is -2.50. The van der Waals surface area contributed by atoms with E-state index in [-0.39, 0.29) is 12.5 Å². The number of hydrogen-bond donors (Lipinski definition) is 0. The third kappa shape index (κ3) is 5.38. The lowest BCUT2D eigenvalue weighted by Gasteiger charge is -2.35. The molecule has 0 N–H and O–H groups in total. The van der Waals surface area contributed by atoms with Gasteiger partial charge in [-0.3, -0.25) is 4.79 Å². The van der Waals surface area contributed by atoms with Crippen LogP contribution in [0.5, 0.6) is 5.75 Å². The largest absolute Gasteiger partial charge is 0.484 e. The van der Waals surface area contributed by atoms with Crippen LogP contribution in [0.1, 0.15) is 42.0 Å². The van der Waals surface area contributed by atoms with E-state index in [1.807, 2.05) is 29.2 Å². The van der Waals surface area contributed by atoms with Crippen molar-refractivity contribution < 1.29 is 9.53 Å². The van der Waals surface area contributed by atoms with Crippen LogP contribution in [0.3, 0.4) is 0 Å². The summed E-state index contributed by atoms with van der Waals surface area (Å²) < 4.78 is 5.72. The van der Waals surface area contributed by atoms with E-state index in [9.17, 15) is 4.79 Å². The smallest absolute Gasteiger partial charge is 0.260 e. The third-order valence-electron chi connectivity index (χ3n) is 6.63. The Morgan fingerprint density at radius 2 is 1.56 bits per heavy atom. The second-order valence-electron chi connectivity index (χ2n) is 9.41. The first-order valence-electron chi connectivity index (χ1n) is 12.0. The molecule has 0 atom stereocenters. The van der Waals surface area contributed by atoms with E-state index in [4.69, 9.17) is 4.74 Å². The number of ether oxygens (including phenoxy) is 1. The van der Waals surface area contributed by atoms with Crippen LogP contribution in [0.15, 0.2) is 48.5 Å². The molecule has 1 fully saturated rings. The number of piperazine rings is 1. The minimum absolute atomic E-state index is 0.0132. The molecule has 0 unspecified atom stereocenters. The molecule has 0 aliphatic carbocycles. The second-order valence-corrected chi connectivity index (χ2v) is 9.41. The first-order chi connectivity index (χ1) is 16.3. The standard InChI is InChI=1S/C28H34N4O2/c1-19(2)23-6-8-24(9-7-23)34-18-28(33)32-14-12-31(13-15-32)27-11-10-26(29-30-27)25-17-21(4)20(3)16-22(25)5/h6-11,16-17,19H,12-15,18H2,1-5H3. The first-order valence-corrected chi connectivity index (χ1v) is 12.0. The Morgan fingerprint density at radius 1 is 0.882 bits per heavy atom. The zero-order chi connectivity index (χ0) is 24.2. The second kappa shape index (κ2) is 10.2. The van der Waals surface area contributed by atoms with Crippen molar-refractivity contribution in [1.82, 2.24) is 15.1 Å². The van der Waals surface area contributed by atoms with Crippen LogP contribution in [0.4, 0.5) is 5.82 Å².